The lowest BCUT2D eigenvalue weighted by atomic mass is 10.1. The van der Waals surface area contributed by atoms with Crippen molar-refractivity contribution in [2.24, 2.45) is 0 Å². The van der Waals surface area contributed by atoms with Crippen LogP contribution in [0.3, 0.4) is 0 Å². The van der Waals surface area contributed by atoms with Gasteiger partial charge in [0.25, 0.3) is 0 Å². The molecule has 0 aliphatic carbocycles. The van der Waals surface area contributed by atoms with Gasteiger partial charge in [0.2, 0.25) is 0 Å². The number of H-pyrrole nitrogens is 1. The summed E-state index contributed by atoms with van der Waals surface area (Å²) in [5.41, 5.74) is 2.59. The summed E-state index contributed by atoms with van der Waals surface area (Å²) in [5.74, 6) is 0.931. The zero-order valence-corrected chi connectivity index (χ0v) is 13.4. The van der Waals surface area contributed by atoms with Crippen molar-refractivity contribution >= 4 is 10.9 Å². The second-order valence-electron chi connectivity index (χ2n) is 5.15. The number of halogens is 1. The number of aromatic nitrogens is 1. The Kier molecular flexibility index (Phi) is 6.89. The summed E-state index contributed by atoms with van der Waals surface area (Å²) in [5, 5.41) is 1.30. The fourth-order valence-electron chi connectivity index (χ4n) is 2.71. The molecular formula is C16H25ClN2O. The summed E-state index contributed by atoms with van der Waals surface area (Å²) in [6.45, 7) is 8.09. The predicted octanol–water partition coefficient (Wildman–Crippen LogP) is -0.615. The lowest BCUT2D eigenvalue weighted by Gasteiger charge is -2.17. The molecule has 0 fully saturated rings. The molecule has 112 valence electrons. The van der Waals surface area contributed by atoms with Crippen LogP contribution in [0.5, 0.6) is 5.75 Å². The molecule has 3 nitrogen and oxygen atoms in total. The maximum atomic E-state index is 5.33. The summed E-state index contributed by atoms with van der Waals surface area (Å²) < 4.78 is 5.33. The molecule has 0 radical (unpaired) electrons. The topological polar surface area (TPSA) is 29.5 Å². The average Bonchev–Trinajstić information content (AvgIpc) is 2.82. The zero-order chi connectivity index (χ0) is 13.7. The van der Waals surface area contributed by atoms with Gasteiger partial charge in [-0.3, -0.25) is 0 Å². The number of quaternary nitrogens is 1. The number of methoxy groups -OCH3 is 1. The maximum absolute atomic E-state index is 5.33. The van der Waals surface area contributed by atoms with E-state index in [1.807, 2.05) is 6.07 Å². The van der Waals surface area contributed by atoms with E-state index in [0.717, 1.165) is 12.3 Å². The van der Waals surface area contributed by atoms with Crippen LogP contribution in [0.2, 0.25) is 0 Å². The Morgan fingerprint density at radius 1 is 1.15 bits per heavy atom. The Morgan fingerprint density at radius 2 is 1.85 bits per heavy atom. The van der Waals surface area contributed by atoms with Crippen molar-refractivity contribution in [1.29, 1.82) is 0 Å². The molecule has 0 saturated carbocycles. The third kappa shape index (κ3) is 3.90. The molecule has 0 spiro atoms. The zero-order valence-electron chi connectivity index (χ0n) is 12.6. The van der Waals surface area contributed by atoms with Gasteiger partial charge in [0, 0.05) is 22.7 Å². The molecule has 1 aromatic heterocycles. The molecule has 0 saturated heterocycles. The van der Waals surface area contributed by atoms with Crippen LogP contribution in [-0.4, -0.2) is 25.2 Å². The van der Waals surface area contributed by atoms with Gasteiger partial charge >= 0.3 is 0 Å². The van der Waals surface area contributed by atoms with Crippen LogP contribution in [0, 0.1) is 0 Å². The molecule has 0 aliphatic rings. The largest absolute Gasteiger partial charge is 1.00 e. The van der Waals surface area contributed by atoms with E-state index in [9.17, 15) is 0 Å². The fraction of sp³-hybridized carbons (Fsp3) is 0.500. The lowest BCUT2D eigenvalue weighted by molar-refractivity contribution is -0.913. The van der Waals surface area contributed by atoms with Gasteiger partial charge in [-0.05, 0) is 31.0 Å². The van der Waals surface area contributed by atoms with Crippen molar-refractivity contribution in [3.63, 3.8) is 0 Å². The molecule has 20 heavy (non-hydrogen) atoms. The fourth-order valence-corrected chi connectivity index (χ4v) is 2.71. The number of benzene rings is 1. The molecular weight excluding hydrogens is 272 g/mol. The van der Waals surface area contributed by atoms with E-state index in [1.165, 1.54) is 42.4 Å². The first-order valence-electron chi connectivity index (χ1n) is 7.26. The number of ether oxygens (including phenoxy) is 1. The summed E-state index contributed by atoms with van der Waals surface area (Å²) in [6, 6.07) is 6.24. The van der Waals surface area contributed by atoms with E-state index in [-0.39, 0.29) is 12.4 Å². The van der Waals surface area contributed by atoms with Crippen molar-refractivity contribution < 1.29 is 22.0 Å². The third-order valence-electron chi connectivity index (χ3n) is 3.62. The molecule has 4 heteroatoms. The van der Waals surface area contributed by atoms with Crippen LogP contribution in [0.25, 0.3) is 10.9 Å². The highest BCUT2D eigenvalue weighted by atomic mass is 35.5. The van der Waals surface area contributed by atoms with E-state index < -0.39 is 0 Å². The second kappa shape index (κ2) is 8.18. The molecule has 0 aliphatic heterocycles. The number of rotatable bonds is 7. The first-order valence-corrected chi connectivity index (χ1v) is 7.26. The molecule has 0 amide bonds. The second-order valence-corrected chi connectivity index (χ2v) is 5.15. The van der Waals surface area contributed by atoms with Gasteiger partial charge in [-0.25, -0.2) is 0 Å². The molecule has 0 bridgehead atoms. The van der Waals surface area contributed by atoms with Crippen molar-refractivity contribution in [2.75, 3.05) is 20.2 Å². The summed E-state index contributed by atoms with van der Waals surface area (Å²) in [6.07, 6.45) is 4.62. The highest BCUT2D eigenvalue weighted by molar-refractivity contribution is 5.84. The van der Waals surface area contributed by atoms with Crippen LogP contribution in [0.1, 0.15) is 32.3 Å². The van der Waals surface area contributed by atoms with Crippen molar-refractivity contribution in [3.05, 3.63) is 30.0 Å². The summed E-state index contributed by atoms with van der Waals surface area (Å²) >= 11 is 0. The molecule has 0 atom stereocenters. The van der Waals surface area contributed by atoms with Gasteiger partial charge in [0.05, 0.1) is 20.2 Å². The number of aromatic amines is 1. The smallest absolute Gasteiger partial charge is 0.119 e. The molecule has 2 N–H and O–H groups in total. The Hall–Kier alpha value is -1.19. The number of hydrogen-bond donors (Lipinski definition) is 2. The maximum Gasteiger partial charge on any atom is 0.119 e. The van der Waals surface area contributed by atoms with E-state index in [0.29, 0.717) is 0 Å². The van der Waals surface area contributed by atoms with Gasteiger partial charge < -0.3 is 27.0 Å². The van der Waals surface area contributed by atoms with Crippen molar-refractivity contribution in [3.8, 4) is 5.75 Å². The predicted molar refractivity (Wildman–Crippen MR) is 79.8 cm³/mol. The van der Waals surface area contributed by atoms with Gasteiger partial charge in [0.1, 0.15) is 12.3 Å². The monoisotopic (exact) mass is 296 g/mol. The molecule has 1 aromatic carbocycles. The minimum absolute atomic E-state index is 0. The normalized spacial score (nSPS) is 10.8. The SMILES string of the molecule is CCC[NH+](CCC)Cc1c[nH]c2ccc(OC)cc12.[Cl-]. The van der Waals surface area contributed by atoms with Gasteiger partial charge in [0.15, 0.2) is 0 Å². The highest BCUT2D eigenvalue weighted by Gasteiger charge is 2.12. The summed E-state index contributed by atoms with van der Waals surface area (Å²) in [7, 11) is 1.72. The molecule has 1 heterocycles. The average molecular weight is 297 g/mol. The number of nitrogens with one attached hydrogen (secondary N) is 2. The summed E-state index contributed by atoms with van der Waals surface area (Å²) in [4.78, 5) is 5.02. The van der Waals surface area contributed by atoms with E-state index in [4.69, 9.17) is 4.74 Å². The van der Waals surface area contributed by atoms with Gasteiger partial charge in [-0.1, -0.05) is 13.8 Å². The first-order chi connectivity index (χ1) is 9.28. The number of hydrogen-bond acceptors (Lipinski definition) is 1. The van der Waals surface area contributed by atoms with E-state index in [1.54, 1.807) is 12.0 Å². The standard InChI is InChI=1S/C16H24N2O.ClH/c1-4-8-18(9-5-2)12-13-11-17-16-7-6-14(19-3)10-15(13)16;/h6-7,10-11,17H,4-5,8-9,12H2,1-3H3;1H. The Balaban J connectivity index is 0.00000200. The minimum Gasteiger partial charge on any atom is -1.00 e. The van der Waals surface area contributed by atoms with Crippen LogP contribution in [-0.2, 0) is 6.54 Å². The highest BCUT2D eigenvalue weighted by Crippen LogP contribution is 2.23. The molecule has 2 rings (SSSR count). The molecule has 2 aromatic rings. The van der Waals surface area contributed by atoms with Gasteiger partial charge in [-0.2, -0.15) is 0 Å². The minimum atomic E-state index is 0. The van der Waals surface area contributed by atoms with Gasteiger partial charge in [-0.15, -0.1) is 0 Å². The molecule has 0 unspecified atom stereocenters. The lowest BCUT2D eigenvalue weighted by Crippen LogP contribution is -3.10. The quantitative estimate of drug-likeness (QED) is 0.701. The van der Waals surface area contributed by atoms with Crippen molar-refractivity contribution in [1.82, 2.24) is 4.98 Å². The third-order valence-corrected chi connectivity index (χ3v) is 3.62. The van der Waals surface area contributed by atoms with Crippen LogP contribution in [0.15, 0.2) is 24.4 Å². The van der Waals surface area contributed by atoms with Crippen LogP contribution < -0.4 is 22.0 Å². The first kappa shape index (κ1) is 16.9. The van der Waals surface area contributed by atoms with E-state index >= 15 is 0 Å². The van der Waals surface area contributed by atoms with Crippen LogP contribution >= 0.6 is 0 Å². The van der Waals surface area contributed by atoms with E-state index in [2.05, 4.69) is 37.2 Å². The number of fused-ring (bicyclic) bond motifs is 1. The Bertz CT molecular complexity index is 518. The Labute approximate surface area is 127 Å². The van der Waals surface area contributed by atoms with Crippen molar-refractivity contribution in [2.45, 2.75) is 33.2 Å². The Morgan fingerprint density at radius 3 is 2.45 bits per heavy atom. The van der Waals surface area contributed by atoms with Crippen LogP contribution in [0.4, 0.5) is 0 Å².